The van der Waals surface area contributed by atoms with Gasteiger partial charge in [0.05, 0.1) is 17.5 Å². The van der Waals surface area contributed by atoms with Gasteiger partial charge >= 0.3 is 17.3 Å². The van der Waals surface area contributed by atoms with Gasteiger partial charge in [0.25, 0.3) is 0 Å². The lowest BCUT2D eigenvalue weighted by Crippen LogP contribution is -2.54. The van der Waals surface area contributed by atoms with Crippen LogP contribution in [0.2, 0.25) is 0 Å². The van der Waals surface area contributed by atoms with Crippen molar-refractivity contribution in [3.8, 4) is 0 Å². The van der Waals surface area contributed by atoms with Crippen LogP contribution in [0.25, 0.3) is 0 Å². The van der Waals surface area contributed by atoms with Crippen molar-refractivity contribution in [1.82, 2.24) is 13.9 Å². The van der Waals surface area contributed by atoms with Gasteiger partial charge in [-0.25, -0.2) is 23.5 Å². The number of aromatic nitrogens is 3. The molecule has 7 nitrogen and oxygen atoms in total. The third kappa shape index (κ3) is 0.776. The predicted molar refractivity (Wildman–Crippen MR) is 78.8 cm³/mol. The van der Waals surface area contributed by atoms with Gasteiger partial charge in [-0.15, -0.1) is 11.8 Å². The zero-order chi connectivity index (χ0) is 15.6. The van der Waals surface area contributed by atoms with Gasteiger partial charge in [-0.2, -0.15) is 0 Å². The number of hydrogen-bond donors (Lipinski definition) is 0. The van der Waals surface area contributed by atoms with E-state index in [-0.39, 0.29) is 45.7 Å². The van der Waals surface area contributed by atoms with E-state index in [1.807, 2.05) is 0 Å². The van der Waals surface area contributed by atoms with Crippen LogP contribution in [-0.2, 0) is 16.6 Å². The molecule has 8 heteroatoms. The molecule has 5 fully saturated rings. The lowest BCUT2D eigenvalue weighted by atomic mass is 9.72. The largest absolute Gasteiger partial charge is 0.451 e. The van der Waals surface area contributed by atoms with E-state index in [0.717, 1.165) is 5.75 Å². The van der Waals surface area contributed by atoms with Crippen molar-refractivity contribution >= 4 is 17.7 Å². The normalized spacial score (nSPS) is 57.2. The van der Waals surface area contributed by atoms with Crippen LogP contribution in [0.1, 0.15) is 19.0 Å². The Hall–Kier alpha value is -1.44. The third-order valence-corrected chi connectivity index (χ3v) is 9.41. The Morgan fingerprint density at radius 2 is 1.83 bits per heavy atom. The number of esters is 1. The van der Waals surface area contributed by atoms with E-state index in [2.05, 4.69) is 0 Å². The number of carbonyl (C=O) groups is 1. The van der Waals surface area contributed by atoms with Gasteiger partial charge in [0.15, 0.2) is 5.44 Å². The monoisotopic (exact) mass is 333 g/mol. The van der Waals surface area contributed by atoms with E-state index < -0.39 is 0 Å². The summed E-state index contributed by atoms with van der Waals surface area (Å²) in [6.45, 7) is 1.46. The molecular weight excluding hydrogens is 318 g/mol. The molecule has 4 aliphatic carbocycles. The summed E-state index contributed by atoms with van der Waals surface area (Å²) < 4.78 is 10.4. The second-order valence-corrected chi connectivity index (χ2v) is 9.19. The van der Waals surface area contributed by atoms with Crippen LogP contribution in [0.4, 0.5) is 0 Å². The SMILES string of the molecule is CC(=O)O[C@H]1SC[C@@]23[C@@H]4[C@H]5[C@@H]6[C@@H]5[C@@H]2[C@]13[C@H]6n1c(=O)n(C)c(=O)n14. The Kier molecular flexibility index (Phi) is 1.49. The summed E-state index contributed by atoms with van der Waals surface area (Å²) in [4.78, 5) is 36.9. The molecule has 1 aromatic heterocycles. The van der Waals surface area contributed by atoms with Gasteiger partial charge in [0.1, 0.15) is 0 Å². The third-order valence-electron chi connectivity index (χ3n) is 7.98. The molecule has 0 amide bonds. The zero-order valence-corrected chi connectivity index (χ0v) is 13.4. The minimum atomic E-state index is -0.246. The van der Waals surface area contributed by atoms with E-state index in [1.165, 1.54) is 11.5 Å². The molecule has 4 saturated carbocycles. The fourth-order valence-corrected chi connectivity index (χ4v) is 9.81. The Morgan fingerprint density at radius 1 is 1.17 bits per heavy atom. The number of rotatable bonds is 1. The van der Waals surface area contributed by atoms with Crippen LogP contribution in [0.5, 0.6) is 0 Å². The average Bonchev–Trinajstić information content (AvgIpc) is 3.19. The van der Waals surface area contributed by atoms with Gasteiger partial charge in [-0.1, -0.05) is 0 Å². The van der Waals surface area contributed by atoms with Crippen molar-refractivity contribution in [2.75, 3.05) is 5.75 Å². The summed E-state index contributed by atoms with van der Waals surface area (Å²) in [6.07, 6.45) is 0. The maximum atomic E-state index is 12.7. The molecule has 2 bridgehead atoms. The first-order valence-corrected chi connectivity index (χ1v) is 9.23. The lowest BCUT2D eigenvalue weighted by molar-refractivity contribution is -0.148. The van der Waals surface area contributed by atoms with E-state index in [1.54, 1.807) is 28.2 Å². The molecule has 0 N–H and O–H groups in total. The molecule has 9 atom stereocenters. The number of nitrogens with zero attached hydrogens (tertiary/aromatic N) is 3. The molecule has 120 valence electrons. The fraction of sp³-hybridized carbons (Fsp3) is 0.800. The predicted octanol–water partition coefficient (Wildman–Crippen LogP) is -0.428. The molecule has 1 aromatic rings. The van der Waals surface area contributed by atoms with E-state index >= 15 is 0 Å². The first-order valence-electron chi connectivity index (χ1n) is 8.18. The van der Waals surface area contributed by atoms with Crippen LogP contribution >= 0.6 is 11.8 Å². The summed E-state index contributed by atoms with van der Waals surface area (Å²) in [6, 6.07) is 0.190. The van der Waals surface area contributed by atoms with Gasteiger partial charge < -0.3 is 4.74 Å². The van der Waals surface area contributed by atoms with Crippen molar-refractivity contribution in [3.05, 3.63) is 21.0 Å². The quantitative estimate of drug-likeness (QED) is 0.652. The van der Waals surface area contributed by atoms with Crippen molar-refractivity contribution in [2.24, 2.45) is 41.5 Å². The smallest absolute Gasteiger partial charge is 0.347 e. The first kappa shape index (κ1) is 12.0. The highest BCUT2D eigenvalue weighted by atomic mass is 32.2. The Morgan fingerprint density at radius 3 is 2.52 bits per heavy atom. The van der Waals surface area contributed by atoms with Crippen LogP contribution < -0.4 is 11.4 Å². The molecule has 0 radical (unpaired) electrons. The second-order valence-electron chi connectivity index (χ2n) is 8.14. The number of carbonyl (C=O) groups excluding carboxylic acids is 1. The van der Waals surface area contributed by atoms with Crippen molar-refractivity contribution < 1.29 is 9.53 Å². The Balaban J connectivity index is 1.55. The molecular formula is C15H15N3O4S. The molecule has 1 saturated heterocycles. The molecule has 7 aliphatic rings. The van der Waals surface area contributed by atoms with Crippen LogP contribution in [0.15, 0.2) is 9.59 Å². The number of thioether (sulfide) groups is 1. The zero-order valence-electron chi connectivity index (χ0n) is 12.6. The van der Waals surface area contributed by atoms with E-state index in [0.29, 0.717) is 23.7 Å². The molecule has 2 spiro atoms. The minimum Gasteiger partial charge on any atom is -0.451 e. The molecule has 23 heavy (non-hydrogen) atoms. The average molecular weight is 333 g/mol. The van der Waals surface area contributed by atoms with Crippen LogP contribution in [-0.4, -0.2) is 31.1 Å². The van der Waals surface area contributed by atoms with Gasteiger partial charge in [0.2, 0.25) is 0 Å². The summed E-state index contributed by atoms with van der Waals surface area (Å²) in [5, 5.41) is 0. The van der Waals surface area contributed by atoms with Crippen LogP contribution in [0, 0.1) is 34.5 Å². The first-order chi connectivity index (χ1) is 11.0. The van der Waals surface area contributed by atoms with Gasteiger partial charge in [-0.05, 0) is 23.7 Å². The number of hydrogen-bond acceptors (Lipinski definition) is 5. The Labute approximate surface area is 134 Å². The van der Waals surface area contributed by atoms with Crippen molar-refractivity contribution in [3.63, 3.8) is 0 Å². The highest BCUT2D eigenvalue weighted by Crippen LogP contribution is 3.05. The highest BCUT2D eigenvalue weighted by Gasteiger charge is 3.06. The van der Waals surface area contributed by atoms with Gasteiger partial charge in [-0.3, -0.25) is 4.79 Å². The molecule has 0 unspecified atom stereocenters. The van der Waals surface area contributed by atoms with E-state index in [9.17, 15) is 14.4 Å². The standard InChI is InChI=1S/C15H15N3O4S/c1-4(19)22-11-15-8-5-6-7(5)10(15)18-13(21)16(2)12(20)17(18)9(6)14(8,15)3-23-11/h5-11H,3H2,1-2H3/t5-,6-,7+,8+,9+,10+,11+,14+,15+/m1/s1. The highest BCUT2D eigenvalue weighted by molar-refractivity contribution is 8.00. The van der Waals surface area contributed by atoms with E-state index in [4.69, 9.17) is 4.74 Å². The Bertz CT molecular complexity index is 976. The van der Waals surface area contributed by atoms with Crippen molar-refractivity contribution in [2.45, 2.75) is 24.4 Å². The summed E-state index contributed by atoms with van der Waals surface area (Å²) in [5.41, 5.74) is -0.532. The van der Waals surface area contributed by atoms with Crippen molar-refractivity contribution in [1.29, 1.82) is 0 Å². The summed E-state index contributed by atoms with van der Waals surface area (Å²) in [7, 11) is 1.57. The molecule has 3 aliphatic heterocycles. The molecule has 8 rings (SSSR count). The minimum absolute atomic E-state index is 0.0493. The molecule has 0 aromatic carbocycles. The molecule has 4 heterocycles. The number of ether oxygens (including phenoxy) is 1. The fourth-order valence-electron chi connectivity index (χ4n) is 7.80. The maximum Gasteiger partial charge on any atom is 0.347 e. The van der Waals surface area contributed by atoms with Crippen LogP contribution in [0.3, 0.4) is 0 Å². The maximum absolute atomic E-state index is 12.7. The topological polar surface area (TPSA) is 75.2 Å². The van der Waals surface area contributed by atoms with Gasteiger partial charge in [0, 0.05) is 25.1 Å². The lowest BCUT2D eigenvalue weighted by Gasteiger charge is -2.46. The second kappa shape index (κ2) is 2.85. The summed E-state index contributed by atoms with van der Waals surface area (Å²) >= 11 is 1.72. The summed E-state index contributed by atoms with van der Waals surface area (Å²) in [5.74, 6) is 2.98.